The van der Waals surface area contributed by atoms with Crippen LogP contribution in [0.2, 0.25) is 0 Å². The van der Waals surface area contributed by atoms with E-state index in [0.717, 1.165) is 11.3 Å². The van der Waals surface area contributed by atoms with Crippen LogP contribution in [0.5, 0.6) is 0 Å². The van der Waals surface area contributed by atoms with E-state index in [1.807, 2.05) is 45.9 Å². The van der Waals surface area contributed by atoms with E-state index in [2.05, 4.69) is 6.07 Å². The van der Waals surface area contributed by atoms with Crippen LogP contribution >= 0.6 is 0 Å². The van der Waals surface area contributed by atoms with E-state index in [0.29, 0.717) is 6.54 Å². The van der Waals surface area contributed by atoms with Crippen LogP contribution in [0.1, 0.15) is 26.3 Å². The molecule has 3 nitrogen and oxygen atoms in total. The molecule has 1 aromatic carbocycles. The Morgan fingerprint density at radius 3 is 2.17 bits per heavy atom. The molecule has 0 aliphatic heterocycles. The molecule has 99 valence electrons. The van der Waals surface area contributed by atoms with Crippen molar-refractivity contribution in [1.82, 2.24) is 4.90 Å². The molecule has 0 spiro atoms. The number of rotatable bonds is 2. The monoisotopic (exact) mass is 324 g/mol. The van der Waals surface area contributed by atoms with Gasteiger partial charge in [0.25, 0.3) is 0 Å². The van der Waals surface area contributed by atoms with Crippen molar-refractivity contribution in [3.8, 4) is 0 Å². The Morgan fingerprint density at radius 2 is 1.83 bits per heavy atom. The first-order chi connectivity index (χ1) is 8.06. The molecule has 0 bridgehead atoms. The van der Waals surface area contributed by atoms with Crippen molar-refractivity contribution in [3.63, 3.8) is 0 Å². The van der Waals surface area contributed by atoms with Gasteiger partial charge in [-0.05, 0) is 6.92 Å². The average molecular weight is 324 g/mol. The number of nitrogens with zero attached hydrogens (tertiary/aromatic N) is 2. The largest absolute Gasteiger partial charge is 0.348 e. The van der Waals surface area contributed by atoms with E-state index < -0.39 is 0 Å². The fraction of sp³-hybridized carbons (Fsp3) is 0.500. The Morgan fingerprint density at radius 1 is 1.28 bits per heavy atom. The minimum atomic E-state index is -0.00486. The van der Waals surface area contributed by atoms with Crippen LogP contribution in [-0.2, 0) is 32.7 Å². The van der Waals surface area contributed by atoms with Crippen LogP contribution in [0.4, 0.5) is 10.5 Å². The first kappa shape index (κ1) is 19.9. The van der Waals surface area contributed by atoms with Crippen LogP contribution in [0.3, 0.4) is 0 Å². The number of benzene rings is 1. The second-order valence-electron chi connectivity index (χ2n) is 3.65. The van der Waals surface area contributed by atoms with E-state index in [-0.39, 0.29) is 38.7 Å². The summed E-state index contributed by atoms with van der Waals surface area (Å²) in [5, 5.41) is 0. The maximum absolute atomic E-state index is 11.8. The van der Waals surface area contributed by atoms with Gasteiger partial charge in [-0.3, -0.25) is 0 Å². The van der Waals surface area contributed by atoms with Gasteiger partial charge in [0.2, 0.25) is 0 Å². The summed E-state index contributed by atoms with van der Waals surface area (Å²) in [5.74, 6) is 0. The number of anilines is 1. The molecule has 2 amide bonds. The summed E-state index contributed by atoms with van der Waals surface area (Å²) in [6, 6.07) is 8.84. The van der Waals surface area contributed by atoms with Gasteiger partial charge >= 0.3 is 6.03 Å². The van der Waals surface area contributed by atoms with Crippen molar-refractivity contribution < 1.29 is 37.5 Å². The molecule has 0 unspecified atom stereocenters. The normalized spacial score (nSPS) is 8.56. The molecule has 1 aromatic rings. The topological polar surface area (TPSA) is 23.6 Å². The molecule has 0 fully saturated rings. The molecule has 4 heteroatoms. The first-order valence-electron chi connectivity index (χ1n) is 6.03. The van der Waals surface area contributed by atoms with E-state index in [9.17, 15) is 4.79 Å². The van der Waals surface area contributed by atoms with Crippen LogP contribution in [0.15, 0.2) is 18.2 Å². The van der Waals surface area contributed by atoms with E-state index >= 15 is 0 Å². The quantitative estimate of drug-likeness (QED) is 0.766. The standard InChI is InChI=1S/C12H17N2O.C2H6.Y/c1-5-14(12(15)13(3)4)11-8-6-10(2)7-9-11;1-2;/h6,8-9H,5H2,1-4H3;1-2H3;/q-1;;. The van der Waals surface area contributed by atoms with Gasteiger partial charge in [-0.15, -0.1) is 6.07 Å². The summed E-state index contributed by atoms with van der Waals surface area (Å²) < 4.78 is 0. The summed E-state index contributed by atoms with van der Waals surface area (Å²) in [6.07, 6.45) is 0. The van der Waals surface area contributed by atoms with Gasteiger partial charge in [0.15, 0.2) is 0 Å². The molecule has 1 radical (unpaired) electrons. The molecule has 0 N–H and O–H groups in total. The number of amides is 2. The molecule has 18 heavy (non-hydrogen) atoms. The summed E-state index contributed by atoms with van der Waals surface area (Å²) in [5.41, 5.74) is 1.97. The Kier molecular flexibility index (Phi) is 11.6. The Bertz CT molecular complexity index is 336. The van der Waals surface area contributed by atoms with E-state index in [1.54, 1.807) is 23.9 Å². The third-order valence-electron chi connectivity index (χ3n) is 2.19. The van der Waals surface area contributed by atoms with Gasteiger partial charge in [0.1, 0.15) is 0 Å². The van der Waals surface area contributed by atoms with Crippen LogP contribution in [0, 0.1) is 13.0 Å². The van der Waals surface area contributed by atoms with Crippen molar-refractivity contribution in [2.75, 3.05) is 25.5 Å². The smallest absolute Gasteiger partial charge is 0.312 e. The Labute approximate surface area is 136 Å². The number of hydrogen-bond acceptors (Lipinski definition) is 1. The SMILES string of the molecule is CC.CCN(C(=O)N(C)C)c1c[c-]c(C)cc1.[Y]. The van der Waals surface area contributed by atoms with Gasteiger partial charge in [-0.1, -0.05) is 26.5 Å². The van der Waals surface area contributed by atoms with E-state index in [1.165, 1.54) is 0 Å². The molecule has 0 aliphatic rings. The molecular formula is C14H23N2OY-. The maximum atomic E-state index is 11.8. The van der Waals surface area contributed by atoms with E-state index in [4.69, 9.17) is 0 Å². The van der Waals surface area contributed by atoms with Crippen molar-refractivity contribution in [2.45, 2.75) is 27.7 Å². The zero-order valence-electron chi connectivity index (χ0n) is 12.3. The summed E-state index contributed by atoms with van der Waals surface area (Å²) in [7, 11) is 3.51. The van der Waals surface area contributed by atoms with Gasteiger partial charge in [-0.2, -0.15) is 23.8 Å². The molecule has 0 saturated heterocycles. The third-order valence-corrected chi connectivity index (χ3v) is 2.19. The summed E-state index contributed by atoms with van der Waals surface area (Å²) >= 11 is 0. The van der Waals surface area contributed by atoms with Gasteiger partial charge in [0.05, 0.1) is 0 Å². The fourth-order valence-electron chi connectivity index (χ4n) is 1.33. The minimum absolute atomic E-state index is 0. The van der Waals surface area contributed by atoms with Crippen molar-refractivity contribution >= 4 is 11.7 Å². The van der Waals surface area contributed by atoms with Gasteiger partial charge < -0.3 is 9.80 Å². The van der Waals surface area contributed by atoms with Crippen LogP contribution < -0.4 is 4.90 Å². The molecule has 0 aliphatic carbocycles. The Hall–Kier alpha value is -0.406. The van der Waals surface area contributed by atoms with Crippen molar-refractivity contribution in [1.29, 1.82) is 0 Å². The predicted octanol–water partition coefficient (Wildman–Crippen LogP) is 3.33. The fourth-order valence-corrected chi connectivity index (χ4v) is 1.33. The number of carbonyl (C=O) groups excluding carboxylic acids is 1. The Balaban J connectivity index is 0. The summed E-state index contributed by atoms with van der Waals surface area (Å²) in [4.78, 5) is 15.1. The molecule has 0 aromatic heterocycles. The van der Waals surface area contributed by atoms with Crippen molar-refractivity contribution in [3.05, 3.63) is 29.8 Å². The number of urea groups is 1. The van der Waals surface area contributed by atoms with Crippen LogP contribution in [-0.4, -0.2) is 31.6 Å². The van der Waals surface area contributed by atoms with Crippen LogP contribution in [0.25, 0.3) is 0 Å². The zero-order valence-corrected chi connectivity index (χ0v) is 15.2. The van der Waals surface area contributed by atoms with Gasteiger partial charge in [-0.25, -0.2) is 4.79 Å². The second kappa shape index (κ2) is 10.5. The minimum Gasteiger partial charge on any atom is -0.348 e. The number of hydrogen-bond donors (Lipinski definition) is 0. The summed E-state index contributed by atoms with van der Waals surface area (Å²) in [6.45, 7) is 8.60. The second-order valence-corrected chi connectivity index (χ2v) is 3.65. The number of aryl methyl sites for hydroxylation is 1. The van der Waals surface area contributed by atoms with Gasteiger partial charge in [0, 0.05) is 53.3 Å². The van der Waals surface area contributed by atoms with Crippen molar-refractivity contribution in [2.24, 2.45) is 0 Å². The molecule has 0 atom stereocenters. The third kappa shape index (κ3) is 5.97. The first-order valence-corrected chi connectivity index (χ1v) is 6.03. The zero-order chi connectivity index (χ0) is 13.4. The molecule has 0 heterocycles. The molecule has 0 saturated carbocycles. The molecular weight excluding hydrogens is 301 g/mol. The predicted molar refractivity (Wildman–Crippen MR) is 73.5 cm³/mol. The average Bonchev–Trinajstić information content (AvgIpc) is 2.34. The molecule has 1 rings (SSSR count). The maximum Gasteiger partial charge on any atom is 0.312 e. The number of carbonyl (C=O) groups is 1.